The van der Waals surface area contributed by atoms with Gasteiger partial charge in [0.05, 0.1) is 0 Å². The first-order valence-electron chi connectivity index (χ1n) is 6.06. The molecule has 0 spiro atoms. The second kappa shape index (κ2) is 5.85. The first-order chi connectivity index (χ1) is 8.20. The van der Waals surface area contributed by atoms with E-state index in [1.165, 1.54) is 5.69 Å². The Hall–Kier alpha value is -0.580. The van der Waals surface area contributed by atoms with Crippen LogP contribution in [0.5, 0.6) is 0 Å². The highest BCUT2D eigenvalue weighted by molar-refractivity contribution is 9.10. The van der Waals surface area contributed by atoms with Crippen molar-refractivity contribution in [2.45, 2.75) is 6.04 Å². The predicted molar refractivity (Wildman–Crippen MR) is 76.7 cm³/mol. The number of rotatable bonds is 3. The van der Waals surface area contributed by atoms with E-state index in [2.05, 4.69) is 62.4 Å². The third-order valence-corrected chi connectivity index (χ3v) is 3.88. The first kappa shape index (κ1) is 12.9. The summed E-state index contributed by atoms with van der Waals surface area (Å²) in [7, 11) is 4.23. The summed E-state index contributed by atoms with van der Waals surface area (Å²) in [6.07, 6.45) is 0. The van der Waals surface area contributed by atoms with E-state index in [9.17, 15) is 0 Å². The molecular formula is C13H20BrN3. The highest BCUT2D eigenvalue weighted by Crippen LogP contribution is 2.22. The molecule has 1 atom stereocenters. The third-order valence-electron chi connectivity index (χ3n) is 3.39. The molecule has 0 radical (unpaired) electrons. The quantitative estimate of drug-likeness (QED) is 0.918. The fraction of sp³-hybridized carbons (Fsp3) is 0.538. The van der Waals surface area contributed by atoms with Gasteiger partial charge >= 0.3 is 0 Å². The van der Waals surface area contributed by atoms with Crippen LogP contribution in [0.25, 0.3) is 0 Å². The molecule has 0 saturated carbocycles. The predicted octanol–water partition coefficient (Wildman–Crippen LogP) is 1.79. The molecule has 1 aliphatic heterocycles. The number of halogens is 1. The normalized spacial score (nSPS) is 21.8. The van der Waals surface area contributed by atoms with Crippen LogP contribution < -0.4 is 10.2 Å². The number of hydrogen-bond acceptors (Lipinski definition) is 3. The molecule has 1 aromatic carbocycles. The van der Waals surface area contributed by atoms with Crippen LogP contribution >= 0.6 is 15.9 Å². The van der Waals surface area contributed by atoms with Crippen LogP contribution in [0.2, 0.25) is 0 Å². The van der Waals surface area contributed by atoms with Crippen LogP contribution in [-0.4, -0.2) is 51.2 Å². The zero-order valence-corrected chi connectivity index (χ0v) is 12.1. The molecule has 0 aromatic heterocycles. The average Bonchev–Trinajstić information content (AvgIpc) is 2.32. The van der Waals surface area contributed by atoms with Gasteiger partial charge in [0, 0.05) is 42.4 Å². The fourth-order valence-electron chi connectivity index (χ4n) is 2.31. The van der Waals surface area contributed by atoms with Crippen molar-refractivity contribution in [3.63, 3.8) is 0 Å². The fourth-order valence-corrected chi connectivity index (χ4v) is 2.70. The molecule has 1 fully saturated rings. The second-order valence-corrected chi connectivity index (χ2v) is 5.53. The number of nitrogens with one attached hydrogen (secondary N) is 1. The zero-order chi connectivity index (χ0) is 12.3. The van der Waals surface area contributed by atoms with Gasteiger partial charge in [-0.25, -0.2) is 0 Å². The van der Waals surface area contributed by atoms with Gasteiger partial charge < -0.3 is 10.2 Å². The van der Waals surface area contributed by atoms with E-state index in [4.69, 9.17) is 0 Å². The Morgan fingerprint density at radius 3 is 2.94 bits per heavy atom. The Morgan fingerprint density at radius 1 is 1.41 bits per heavy atom. The summed E-state index contributed by atoms with van der Waals surface area (Å²) in [5.41, 5.74) is 1.31. The molecular weight excluding hydrogens is 278 g/mol. The van der Waals surface area contributed by atoms with E-state index in [0.29, 0.717) is 6.04 Å². The number of piperazine rings is 1. The monoisotopic (exact) mass is 297 g/mol. The maximum absolute atomic E-state index is 3.54. The minimum Gasteiger partial charge on any atom is -0.369 e. The van der Waals surface area contributed by atoms with E-state index >= 15 is 0 Å². The van der Waals surface area contributed by atoms with Gasteiger partial charge in [-0.3, -0.25) is 4.90 Å². The van der Waals surface area contributed by atoms with Gasteiger partial charge in [-0.15, -0.1) is 0 Å². The molecule has 0 aliphatic carbocycles. The highest BCUT2D eigenvalue weighted by atomic mass is 79.9. The van der Waals surface area contributed by atoms with Crippen LogP contribution in [0.3, 0.4) is 0 Å². The van der Waals surface area contributed by atoms with E-state index in [0.717, 1.165) is 30.7 Å². The molecule has 1 aromatic rings. The topological polar surface area (TPSA) is 18.5 Å². The molecule has 1 aliphatic rings. The summed E-state index contributed by atoms with van der Waals surface area (Å²) in [5, 5.41) is 3.27. The van der Waals surface area contributed by atoms with Gasteiger partial charge in [-0.1, -0.05) is 22.0 Å². The van der Waals surface area contributed by atoms with Crippen molar-refractivity contribution in [3.05, 3.63) is 28.7 Å². The van der Waals surface area contributed by atoms with Gasteiger partial charge in [0.1, 0.15) is 0 Å². The van der Waals surface area contributed by atoms with Crippen LogP contribution in [0.4, 0.5) is 5.69 Å². The maximum Gasteiger partial charge on any atom is 0.0393 e. The molecule has 2 rings (SSSR count). The molecule has 1 saturated heterocycles. The van der Waals surface area contributed by atoms with Crippen molar-refractivity contribution in [1.29, 1.82) is 0 Å². The Kier molecular flexibility index (Phi) is 4.42. The van der Waals surface area contributed by atoms with Crippen molar-refractivity contribution >= 4 is 21.6 Å². The Balaban J connectivity index is 2.07. The van der Waals surface area contributed by atoms with Crippen LogP contribution in [0, 0.1) is 0 Å². The molecule has 4 heteroatoms. The molecule has 0 bridgehead atoms. The zero-order valence-electron chi connectivity index (χ0n) is 10.5. The lowest BCUT2D eigenvalue weighted by molar-refractivity contribution is 0.216. The van der Waals surface area contributed by atoms with Gasteiger partial charge in [-0.2, -0.15) is 0 Å². The van der Waals surface area contributed by atoms with Crippen LogP contribution in [-0.2, 0) is 0 Å². The Bertz CT molecular complexity index is 369. The molecule has 1 unspecified atom stereocenters. The molecule has 0 amide bonds. The summed E-state index contributed by atoms with van der Waals surface area (Å²) < 4.78 is 1.15. The SMILES string of the molecule is CNCC1CN(c2cccc(Br)c2)CCN1C. The molecule has 3 nitrogen and oxygen atoms in total. The second-order valence-electron chi connectivity index (χ2n) is 4.62. The van der Waals surface area contributed by atoms with Gasteiger partial charge in [0.2, 0.25) is 0 Å². The highest BCUT2D eigenvalue weighted by Gasteiger charge is 2.23. The molecule has 1 N–H and O–H groups in total. The largest absolute Gasteiger partial charge is 0.369 e. The van der Waals surface area contributed by atoms with Crippen LogP contribution in [0.1, 0.15) is 0 Å². The van der Waals surface area contributed by atoms with E-state index in [-0.39, 0.29) is 0 Å². The van der Waals surface area contributed by atoms with Crippen molar-refractivity contribution < 1.29 is 0 Å². The van der Waals surface area contributed by atoms with Gasteiger partial charge in [0.25, 0.3) is 0 Å². The van der Waals surface area contributed by atoms with Crippen molar-refractivity contribution in [2.24, 2.45) is 0 Å². The molecule has 17 heavy (non-hydrogen) atoms. The first-order valence-corrected chi connectivity index (χ1v) is 6.85. The van der Waals surface area contributed by atoms with E-state index in [1.807, 2.05) is 7.05 Å². The number of nitrogens with zero attached hydrogens (tertiary/aromatic N) is 2. The standard InChI is InChI=1S/C13H20BrN3/c1-15-9-13-10-17(7-6-16(13)2)12-5-3-4-11(14)8-12/h3-5,8,13,15H,6-7,9-10H2,1-2H3. The van der Waals surface area contributed by atoms with Gasteiger partial charge in [-0.05, 0) is 32.3 Å². The lowest BCUT2D eigenvalue weighted by atomic mass is 10.1. The maximum atomic E-state index is 3.54. The smallest absolute Gasteiger partial charge is 0.0393 e. The Labute approximate surface area is 112 Å². The molecule has 94 valence electrons. The summed E-state index contributed by atoms with van der Waals surface area (Å²) >= 11 is 3.54. The lowest BCUT2D eigenvalue weighted by Gasteiger charge is -2.40. The Morgan fingerprint density at radius 2 is 2.24 bits per heavy atom. The summed E-state index contributed by atoms with van der Waals surface area (Å²) in [4.78, 5) is 4.90. The van der Waals surface area contributed by atoms with Crippen LogP contribution in [0.15, 0.2) is 28.7 Å². The number of hydrogen-bond donors (Lipinski definition) is 1. The molecule has 1 heterocycles. The van der Waals surface area contributed by atoms with Crippen molar-refractivity contribution in [1.82, 2.24) is 10.2 Å². The summed E-state index contributed by atoms with van der Waals surface area (Å²) in [6.45, 7) is 4.36. The van der Waals surface area contributed by atoms with Crippen molar-refractivity contribution in [2.75, 3.05) is 45.2 Å². The number of anilines is 1. The van der Waals surface area contributed by atoms with Crippen molar-refractivity contribution in [3.8, 4) is 0 Å². The van der Waals surface area contributed by atoms with E-state index < -0.39 is 0 Å². The third kappa shape index (κ3) is 3.21. The lowest BCUT2D eigenvalue weighted by Crippen LogP contribution is -2.54. The summed E-state index contributed by atoms with van der Waals surface area (Å²) in [6, 6.07) is 9.15. The minimum absolute atomic E-state index is 0.590. The average molecular weight is 298 g/mol. The van der Waals surface area contributed by atoms with E-state index in [1.54, 1.807) is 0 Å². The number of likely N-dealkylation sites (N-methyl/N-ethyl adjacent to an activating group) is 2. The number of benzene rings is 1. The summed E-state index contributed by atoms with van der Waals surface area (Å²) in [5.74, 6) is 0. The minimum atomic E-state index is 0.590. The van der Waals surface area contributed by atoms with Gasteiger partial charge in [0.15, 0.2) is 0 Å².